The summed E-state index contributed by atoms with van der Waals surface area (Å²) in [7, 11) is 0. The zero-order valence-corrected chi connectivity index (χ0v) is 16.5. The second kappa shape index (κ2) is 9.01. The molecule has 0 saturated carbocycles. The first-order valence-corrected chi connectivity index (χ1v) is 10.5. The van der Waals surface area contributed by atoms with E-state index in [0.717, 1.165) is 65.0 Å². The Labute approximate surface area is 166 Å². The molecule has 152 valence electrons. The van der Waals surface area contributed by atoms with Crippen LogP contribution in [0, 0.1) is 5.92 Å². The summed E-state index contributed by atoms with van der Waals surface area (Å²) in [4.78, 5) is 35.9. The van der Waals surface area contributed by atoms with Crippen LogP contribution in [0.15, 0.2) is 24.5 Å². The maximum Gasteiger partial charge on any atom is 0.255 e. The molecule has 0 bridgehead atoms. The van der Waals surface area contributed by atoms with Crippen LogP contribution in [0.25, 0.3) is 0 Å². The number of aromatic nitrogens is 1. The molecule has 3 saturated heterocycles. The Morgan fingerprint density at radius 3 is 2.50 bits per heavy atom. The van der Waals surface area contributed by atoms with Crippen LogP contribution in [0.5, 0.6) is 0 Å². The second-order valence-corrected chi connectivity index (χ2v) is 8.04. The maximum absolute atomic E-state index is 12.9. The molecule has 1 atom stereocenters. The van der Waals surface area contributed by atoms with Gasteiger partial charge in [0.1, 0.15) is 0 Å². The first kappa shape index (κ1) is 19.3. The second-order valence-electron chi connectivity index (χ2n) is 8.04. The maximum atomic E-state index is 12.9. The number of likely N-dealkylation sites (tertiary alicyclic amines) is 2. The quantitative estimate of drug-likeness (QED) is 0.782. The largest absolute Gasteiger partial charge is 0.378 e. The van der Waals surface area contributed by atoms with E-state index in [9.17, 15) is 9.59 Å². The number of carbonyl (C=O) groups is 2. The lowest BCUT2D eigenvalue weighted by atomic mass is 9.92. The minimum atomic E-state index is 0.0746. The third-order valence-electron chi connectivity index (χ3n) is 6.30. The highest BCUT2D eigenvalue weighted by molar-refractivity contribution is 5.93. The highest BCUT2D eigenvalue weighted by Crippen LogP contribution is 2.26. The zero-order chi connectivity index (χ0) is 19.3. The van der Waals surface area contributed by atoms with Gasteiger partial charge in [-0.3, -0.25) is 19.5 Å². The molecule has 0 radical (unpaired) electrons. The normalized spacial score (nSPS) is 24.9. The van der Waals surface area contributed by atoms with Crippen molar-refractivity contribution in [3.8, 4) is 0 Å². The molecule has 0 N–H and O–H groups in total. The lowest BCUT2D eigenvalue weighted by molar-refractivity contribution is -0.141. The van der Waals surface area contributed by atoms with Crippen LogP contribution < -0.4 is 0 Å². The Balaban J connectivity index is 1.29. The fraction of sp³-hybridized carbons (Fsp3) is 0.667. The van der Waals surface area contributed by atoms with Crippen LogP contribution in [-0.4, -0.2) is 90.0 Å². The molecule has 0 aromatic carbocycles. The molecule has 0 unspecified atom stereocenters. The first-order valence-electron chi connectivity index (χ1n) is 10.5. The summed E-state index contributed by atoms with van der Waals surface area (Å²) in [5.41, 5.74) is 0.662. The van der Waals surface area contributed by atoms with E-state index in [4.69, 9.17) is 4.74 Å². The lowest BCUT2D eigenvalue weighted by Crippen LogP contribution is -2.53. The Kier molecular flexibility index (Phi) is 6.22. The summed E-state index contributed by atoms with van der Waals surface area (Å²) in [6.45, 7) is 6.24. The van der Waals surface area contributed by atoms with Crippen molar-refractivity contribution in [2.75, 3.05) is 52.5 Å². The van der Waals surface area contributed by atoms with Crippen LogP contribution in [0.4, 0.5) is 0 Å². The minimum Gasteiger partial charge on any atom is -0.378 e. The van der Waals surface area contributed by atoms with Crippen molar-refractivity contribution in [3.63, 3.8) is 0 Å². The average molecular weight is 386 g/mol. The molecule has 7 heteroatoms. The standard InChI is InChI=1S/C21H30N4O3/c26-20(17-3-1-7-22-15-17)23-9-5-19(6-10-23)25-8-2-4-18(16-25)21(27)24-11-13-28-14-12-24/h1,3,7,15,18-19H,2,4-6,8-14,16H2/t18-/m0/s1. The topological polar surface area (TPSA) is 66.0 Å². The predicted octanol–water partition coefficient (Wildman–Crippen LogP) is 1.26. The highest BCUT2D eigenvalue weighted by Gasteiger charge is 2.34. The minimum absolute atomic E-state index is 0.0746. The van der Waals surface area contributed by atoms with E-state index in [0.29, 0.717) is 30.7 Å². The molecule has 2 amide bonds. The number of pyridine rings is 1. The monoisotopic (exact) mass is 386 g/mol. The SMILES string of the molecule is O=C(c1cccnc1)N1CCC(N2CCC[C@H](C(=O)N3CCOCC3)C2)CC1. The summed E-state index contributed by atoms with van der Waals surface area (Å²) in [5.74, 6) is 0.490. The first-order chi connectivity index (χ1) is 13.7. The van der Waals surface area contributed by atoms with Crippen molar-refractivity contribution in [2.45, 2.75) is 31.7 Å². The molecule has 3 aliphatic heterocycles. The molecule has 3 aliphatic rings. The Morgan fingerprint density at radius 2 is 1.79 bits per heavy atom. The number of hydrogen-bond donors (Lipinski definition) is 0. The van der Waals surface area contributed by atoms with Crippen molar-refractivity contribution < 1.29 is 14.3 Å². The smallest absolute Gasteiger partial charge is 0.255 e. The summed E-state index contributed by atoms with van der Waals surface area (Å²) < 4.78 is 5.37. The van der Waals surface area contributed by atoms with Gasteiger partial charge in [-0.2, -0.15) is 0 Å². The Morgan fingerprint density at radius 1 is 1.00 bits per heavy atom. The van der Waals surface area contributed by atoms with Gasteiger partial charge in [0.05, 0.1) is 24.7 Å². The number of piperidine rings is 2. The average Bonchev–Trinajstić information content (AvgIpc) is 2.79. The van der Waals surface area contributed by atoms with Crippen LogP contribution in [0.3, 0.4) is 0 Å². The number of ether oxygens (including phenoxy) is 1. The zero-order valence-electron chi connectivity index (χ0n) is 16.5. The molecule has 0 aliphatic carbocycles. The Hall–Kier alpha value is -1.99. The number of rotatable bonds is 3. The van der Waals surface area contributed by atoms with Crippen molar-refractivity contribution in [1.29, 1.82) is 0 Å². The van der Waals surface area contributed by atoms with Gasteiger partial charge in [0.15, 0.2) is 0 Å². The summed E-state index contributed by atoms with van der Waals surface area (Å²) in [6, 6.07) is 4.10. The number of morpholine rings is 1. The van der Waals surface area contributed by atoms with Gasteiger partial charge in [-0.15, -0.1) is 0 Å². The van der Waals surface area contributed by atoms with Crippen molar-refractivity contribution >= 4 is 11.8 Å². The van der Waals surface area contributed by atoms with Crippen molar-refractivity contribution in [3.05, 3.63) is 30.1 Å². The molecule has 1 aromatic heterocycles. The summed E-state index contributed by atoms with van der Waals surface area (Å²) >= 11 is 0. The van der Waals surface area contributed by atoms with Crippen molar-refractivity contribution in [2.24, 2.45) is 5.92 Å². The molecule has 1 aromatic rings. The van der Waals surface area contributed by atoms with E-state index >= 15 is 0 Å². The van der Waals surface area contributed by atoms with Crippen molar-refractivity contribution in [1.82, 2.24) is 19.7 Å². The van der Waals surface area contributed by atoms with Crippen LogP contribution in [0.1, 0.15) is 36.0 Å². The van der Waals surface area contributed by atoms with Gasteiger partial charge in [0.2, 0.25) is 5.91 Å². The van der Waals surface area contributed by atoms with Crippen LogP contribution >= 0.6 is 0 Å². The van der Waals surface area contributed by atoms with Gasteiger partial charge < -0.3 is 14.5 Å². The van der Waals surface area contributed by atoms with E-state index in [1.54, 1.807) is 18.5 Å². The van der Waals surface area contributed by atoms with Crippen LogP contribution in [0.2, 0.25) is 0 Å². The van der Waals surface area contributed by atoms with Gasteiger partial charge in [-0.25, -0.2) is 0 Å². The molecular weight excluding hydrogens is 356 g/mol. The fourth-order valence-electron chi connectivity index (χ4n) is 4.69. The van der Waals surface area contributed by atoms with Gasteiger partial charge in [0.25, 0.3) is 5.91 Å². The molecular formula is C21H30N4O3. The number of carbonyl (C=O) groups excluding carboxylic acids is 2. The van der Waals surface area contributed by atoms with Gasteiger partial charge >= 0.3 is 0 Å². The summed E-state index contributed by atoms with van der Waals surface area (Å²) in [6.07, 6.45) is 7.35. The van der Waals surface area contributed by atoms with E-state index in [-0.39, 0.29) is 11.8 Å². The number of hydrogen-bond acceptors (Lipinski definition) is 5. The number of nitrogens with zero attached hydrogens (tertiary/aromatic N) is 4. The molecule has 28 heavy (non-hydrogen) atoms. The van der Waals surface area contributed by atoms with Gasteiger partial charge in [0, 0.05) is 51.2 Å². The van der Waals surface area contributed by atoms with E-state index in [2.05, 4.69) is 9.88 Å². The third-order valence-corrected chi connectivity index (χ3v) is 6.30. The third kappa shape index (κ3) is 4.36. The lowest BCUT2D eigenvalue weighted by Gasteiger charge is -2.43. The molecule has 7 nitrogen and oxygen atoms in total. The molecule has 3 fully saturated rings. The van der Waals surface area contributed by atoms with Gasteiger partial charge in [-0.1, -0.05) is 0 Å². The Bertz CT molecular complexity index is 669. The fourth-order valence-corrected chi connectivity index (χ4v) is 4.69. The highest BCUT2D eigenvalue weighted by atomic mass is 16.5. The molecule has 0 spiro atoms. The van der Waals surface area contributed by atoms with E-state index < -0.39 is 0 Å². The predicted molar refractivity (Wildman–Crippen MR) is 105 cm³/mol. The molecule has 4 heterocycles. The summed E-state index contributed by atoms with van der Waals surface area (Å²) in [5, 5.41) is 0. The number of amides is 2. The van der Waals surface area contributed by atoms with E-state index in [1.807, 2.05) is 15.9 Å². The van der Waals surface area contributed by atoms with Crippen LogP contribution in [-0.2, 0) is 9.53 Å². The van der Waals surface area contributed by atoms with Gasteiger partial charge in [-0.05, 0) is 44.4 Å². The molecule has 4 rings (SSSR count). The van der Waals surface area contributed by atoms with E-state index in [1.165, 1.54) is 0 Å².